The average Bonchev–Trinajstić information content (AvgIpc) is 2.74. The molecule has 0 saturated heterocycles. The van der Waals surface area contributed by atoms with Gasteiger partial charge in [-0.15, -0.1) is 0 Å². The zero-order chi connectivity index (χ0) is 22.6. The highest BCUT2D eigenvalue weighted by Gasteiger charge is 2.11. The zero-order valence-corrected chi connectivity index (χ0v) is 16.5. The first kappa shape index (κ1) is 23.5. The maximum Gasteiger partial charge on any atom is 0.308 e. The highest BCUT2D eigenvalue weighted by atomic mass is 19.2. The quantitative estimate of drug-likeness (QED) is 0.489. The minimum Gasteiger partial charge on any atom is -0.456 e. The van der Waals surface area contributed by atoms with Gasteiger partial charge in [0.15, 0.2) is 18.2 Å². The number of rotatable bonds is 10. The standard InChI is InChI=1S/C21H21F2N3O5/c22-16-7-6-15(11-17(16)23)26-19(28)12-25-20(29)13-31-21(30)8-9-24-18(27)10-14-4-2-1-3-5-14/h1-7,11H,8-10,12-13H2,(H,24,27)(H,25,29)(H,26,28). The molecule has 3 amide bonds. The topological polar surface area (TPSA) is 114 Å². The van der Waals surface area contributed by atoms with E-state index < -0.39 is 42.6 Å². The zero-order valence-electron chi connectivity index (χ0n) is 16.5. The number of anilines is 1. The van der Waals surface area contributed by atoms with E-state index in [2.05, 4.69) is 16.0 Å². The highest BCUT2D eigenvalue weighted by Crippen LogP contribution is 2.12. The van der Waals surface area contributed by atoms with Crippen LogP contribution in [0.15, 0.2) is 48.5 Å². The van der Waals surface area contributed by atoms with Gasteiger partial charge >= 0.3 is 5.97 Å². The van der Waals surface area contributed by atoms with E-state index in [4.69, 9.17) is 4.74 Å². The number of nitrogens with one attached hydrogen (secondary N) is 3. The lowest BCUT2D eigenvalue weighted by Crippen LogP contribution is -2.36. The smallest absolute Gasteiger partial charge is 0.308 e. The minimum absolute atomic E-state index is 0.0267. The van der Waals surface area contributed by atoms with E-state index in [9.17, 15) is 28.0 Å². The van der Waals surface area contributed by atoms with Gasteiger partial charge in [-0.1, -0.05) is 30.3 Å². The van der Waals surface area contributed by atoms with Crippen molar-refractivity contribution in [3.8, 4) is 0 Å². The normalized spacial score (nSPS) is 10.1. The average molecular weight is 433 g/mol. The first-order valence-electron chi connectivity index (χ1n) is 9.31. The number of ether oxygens (including phenoxy) is 1. The van der Waals surface area contributed by atoms with Gasteiger partial charge in [-0.25, -0.2) is 8.78 Å². The van der Waals surface area contributed by atoms with Crippen molar-refractivity contribution in [3.63, 3.8) is 0 Å². The number of halogens is 2. The summed E-state index contributed by atoms with van der Waals surface area (Å²) in [5.41, 5.74) is 0.867. The molecule has 0 atom stereocenters. The molecule has 0 aliphatic carbocycles. The molecule has 164 valence electrons. The van der Waals surface area contributed by atoms with Gasteiger partial charge < -0.3 is 20.7 Å². The van der Waals surface area contributed by atoms with Gasteiger partial charge in [0, 0.05) is 18.3 Å². The van der Waals surface area contributed by atoms with Crippen molar-refractivity contribution in [1.82, 2.24) is 10.6 Å². The van der Waals surface area contributed by atoms with Crippen LogP contribution in [0.1, 0.15) is 12.0 Å². The van der Waals surface area contributed by atoms with E-state index in [0.29, 0.717) is 0 Å². The van der Waals surface area contributed by atoms with Crippen LogP contribution in [-0.2, 0) is 30.3 Å². The molecule has 0 aromatic heterocycles. The van der Waals surface area contributed by atoms with Crippen LogP contribution in [0, 0.1) is 11.6 Å². The molecule has 0 bridgehead atoms. The number of amides is 3. The van der Waals surface area contributed by atoms with Crippen molar-refractivity contribution in [3.05, 3.63) is 65.7 Å². The van der Waals surface area contributed by atoms with E-state index in [1.54, 1.807) is 0 Å². The molecule has 0 fully saturated rings. The van der Waals surface area contributed by atoms with Crippen molar-refractivity contribution >= 4 is 29.4 Å². The molecular weight excluding hydrogens is 412 g/mol. The summed E-state index contributed by atoms with van der Waals surface area (Å²) < 4.78 is 30.7. The summed E-state index contributed by atoms with van der Waals surface area (Å²) in [4.78, 5) is 46.7. The number of hydrogen-bond donors (Lipinski definition) is 3. The fraction of sp³-hybridized carbons (Fsp3) is 0.238. The Balaban J connectivity index is 1.57. The lowest BCUT2D eigenvalue weighted by Gasteiger charge is -2.08. The van der Waals surface area contributed by atoms with Crippen LogP contribution in [0.5, 0.6) is 0 Å². The molecule has 0 heterocycles. The predicted octanol–water partition coefficient (Wildman–Crippen LogP) is 1.31. The molecule has 0 spiro atoms. The second kappa shape index (κ2) is 12.0. The Bertz CT molecular complexity index is 938. The Hall–Kier alpha value is -3.82. The summed E-state index contributed by atoms with van der Waals surface area (Å²) in [6.45, 7) is -0.997. The van der Waals surface area contributed by atoms with Gasteiger partial charge in [0.1, 0.15) is 0 Å². The van der Waals surface area contributed by atoms with Crippen LogP contribution >= 0.6 is 0 Å². The summed E-state index contributed by atoms with van der Waals surface area (Å²) in [6, 6.07) is 11.9. The Morgan fingerprint density at radius 3 is 2.29 bits per heavy atom. The molecule has 0 aliphatic heterocycles. The molecule has 0 radical (unpaired) electrons. The lowest BCUT2D eigenvalue weighted by molar-refractivity contribution is -0.148. The fourth-order valence-electron chi connectivity index (χ4n) is 2.37. The molecule has 0 aliphatic rings. The van der Waals surface area contributed by atoms with Crippen LogP contribution < -0.4 is 16.0 Å². The Kier molecular flexibility index (Phi) is 9.09. The lowest BCUT2D eigenvalue weighted by atomic mass is 10.1. The van der Waals surface area contributed by atoms with Crippen molar-refractivity contribution in [2.45, 2.75) is 12.8 Å². The van der Waals surface area contributed by atoms with E-state index in [1.165, 1.54) is 6.07 Å². The molecule has 2 aromatic carbocycles. The van der Waals surface area contributed by atoms with Crippen LogP contribution in [-0.4, -0.2) is 43.4 Å². The van der Waals surface area contributed by atoms with E-state index in [0.717, 1.165) is 17.7 Å². The van der Waals surface area contributed by atoms with Crippen molar-refractivity contribution < 1.29 is 32.7 Å². The molecule has 0 unspecified atom stereocenters. The number of hydrogen-bond acceptors (Lipinski definition) is 5. The maximum absolute atomic E-state index is 13.1. The van der Waals surface area contributed by atoms with Crippen LogP contribution in [0.25, 0.3) is 0 Å². The molecule has 31 heavy (non-hydrogen) atoms. The Morgan fingerprint density at radius 2 is 1.58 bits per heavy atom. The second-order valence-corrected chi connectivity index (χ2v) is 6.38. The third-order valence-corrected chi connectivity index (χ3v) is 3.87. The molecule has 10 heteroatoms. The molecule has 8 nitrogen and oxygen atoms in total. The van der Waals surface area contributed by atoms with E-state index in [-0.39, 0.29) is 31.0 Å². The molecular formula is C21H21F2N3O5. The van der Waals surface area contributed by atoms with Crippen molar-refractivity contribution in [2.24, 2.45) is 0 Å². The molecule has 3 N–H and O–H groups in total. The second-order valence-electron chi connectivity index (χ2n) is 6.38. The van der Waals surface area contributed by atoms with Crippen molar-refractivity contribution in [1.29, 1.82) is 0 Å². The van der Waals surface area contributed by atoms with Gasteiger partial charge in [-0.3, -0.25) is 19.2 Å². The summed E-state index contributed by atoms with van der Waals surface area (Å²) in [6.07, 6.45) is 0.0648. The SMILES string of the molecule is O=C(COC(=O)CCNC(=O)Cc1ccccc1)NCC(=O)Nc1ccc(F)c(F)c1. The third kappa shape index (κ3) is 9.03. The number of benzene rings is 2. The van der Waals surface area contributed by atoms with E-state index in [1.807, 2.05) is 30.3 Å². The minimum atomic E-state index is -1.12. The largest absolute Gasteiger partial charge is 0.456 e. The predicted molar refractivity (Wildman–Crippen MR) is 107 cm³/mol. The number of esters is 1. The summed E-state index contributed by atoms with van der Waals surface area (Å²) in [5.74, 6) is -4.51. The number of carbonyl (C=O) groups excluding carboxylic acids is 4. The maximum atomic E-state index is 13.1. The Labute approximate surface area is 177 Å². The number of carbonyl (C=O) groups is 4. The summed E-state index contributed by atoms with van der Waals surface area (Å²) in [7, 11) is 0. The highest BCUT2D eigenvalue weighted by molar-refractivity contribution is 5.94. The first-order valence-corrected chi connectivity index (χ1v) is 9.31. The van der Waals surface area contributed by atoms with Crippen molar-refractivity contribution in [2.75, 3.05) is 25.0 Å². The molecule has 2 aromatic rings. The first-order chi connectivity index (χ1) is 14.8. The van der Waals surface area contributed by atoms with Gasteiger partial charge in [-0.2, -0.15) is 0 Å². The molecule has 0 saturated carbocycles. The third-order valence-electron chi connectivity index (χ3n) is 3.87. The van der Waals surface area contributed by atoms with Crippen LogP contribution in [0.2, 0.25) is 0 Å². The van der Waals surface area contributed by atoms with Gasteiger partial charge in [0.25, 0.3) is 5.91 Å². The van der Waals surface area contributed by atoms with E-state index >= 15 is 0 Å². The van der Waals surface area contributed by atoms with Gasteiger partial charge in [-0.05, 0) is 17.7 Å². The monoisotopic (exact) mass is 433 g/mol. The van der Waals surface area contributed by atoms with Gasteiger partial charge in [0.2, 0.25) is 11.8 Å². The molecule has 2 rings (SSSR count). The summed E-state index contributed by atoms with van der Waals surface area (Å²) >= 11 is 0. The fourth-order valence-corrected chi connectivity index (χ4v) is 2.37. The van der Waals surface area contributed by atoms with Crippen LogP contribution in [0.4, 0.5) is 14.5 Å². The van der Waals surface area contributed by atoms with Crippen LogP contribution in [0.3, 0.4) is 0 Å². The summed E-state index contributed by atoms with van der Waals surface area (Å²) in [5, 5.41) is 7.07. The Morgan fingerprint density at radius 1 is 0.839 bits per heavy atom. The van der Waals surface area contributed by atoms with Gasteiger partial charge in [0.05, 0.1) is 19.4 Å².